The number of benzene rings is 1. The van der Waals surface area contributed by atoms with Gasteiger partial charge in [-0.25, -0.2) is 0 Å². The molecule has 1 aromatic carbocycles. The van der Waals surface area contributed by atoms with E-state index in [4.69, 9.17) is 17.0 Å². The first-order chi connectivity index (χ1) is 9.00. The molecule has 0 aliphatic carbocycles. The average molecular weight is 280 g/mol. The van der Waals surface area contributed by atoms with Crippen molar-refractivity contribution in [2.24, 2.45) is 0 Å². The van der Waals surface area contributed by atoms with Gasteiger partial charge in [0.1, 0.15) is 17.3 Å². The van der Waals surface area contributed by atoms with Crippen molar-refractivity contribution in [3.63, 3.8) is 0 Å². The molecule has 1 rings (SSSR count). The van der Waals surface area contributed by atoms with Crippen molar-refractivity contribution in [3.05, 3.63) is 29.3 Å². The smallest absolute Gasteiger partial charge is 0.216 e. The van der Waals surface area contributed by atoms with Crippen molar-refractivity contribution in [1.29, 1.82) is 0 Å². The van der Waals surface area contributed by atoms with Crippen LogP contribution < -0.4 is 15.4 Å². The summed E-state index contributed by atoms with van der Waals surface area (Å²) in [7, 11) is 0. The highest BCUT2D eigenvalue weighted by Crippen LogP contribution is 2.20. The molecule has 0 unspecified atom stereocenters. The van der Waals surface area contributed by atoms with Crippen molar-refractivity contribution in [2.45, 2.75) is 20.8 Å². The molecule has 0 aliphatic rings. The number of ether oxygens (including phenoxy) is 1. The summed E-state index contributed by atoms with van der Waals surface area (Å²) in [6, 6.07) is 5.94. The van der Waals surface area contributed by atoms with E-state index in [1.807, 2.05) is 32.0 Å². The molecule has 0 saturated carbocycles. The van der Waals surface area contributed by atoms with Gasteiger partial charge in [-0.05, 0) is 31.0 Å². The first-order valence-corrected chi connectivity index (χ1v) is 6.61. The van der Waals surface area contributed by atoms with Crippen LogP contribution in [0.2, 0.25) is 0 Å². The van der Waals surface area contributed by atoms with Crippen LogP contribution in [0.5, 0.6) is 5.75 Å². The molecule has 0 saturated heterocycles. The number of amides is 1. The summed E-state index contributed by atoms with van der Waals surface area (Å²) >= 11 is 5.16. The summed E-state index contributed by atoms with van der Waals surface area (Å²) in [5, 5.41) is 5.72. The quantitative estimate of drug-likeness (QED) is 0.615. The van der Waals surface area contributed by atoms with Crippen molar-refractivity contribution in [2.75, 3.05) is 19.7 Å². The van der Waals surface area contributed by atoms with Gasteiger partial charge in [-0.15, -0.1) is 0 Å². The fourth-order valence-corrected chi connectivity index (χ4v) is 1.68. The van der Waals surface area contributed by atoms with Gasteiger partial charge < -0.3 is 15.4 Å². The van der Waals surface area contributed by atoms with Crippen molar-refractivity contribution < 1.29 is 9.53 Å². The number of carbonyl (C=O) groups is 1. The van der Waals surface area contributed by atoms with Crippen molar-refractivity contribution in [1.82, 2.24) is 10.6 Å². The lowest BCUT2D eigenvalue weighted by Gasteiger charge is -2.12. The minimum atomic E-state index is -0.0423. The Morgan fingerprint density at radius 1 is 1.26 bits per heavy atom. The Labute approximate surface area is 119 Å². The molecule has 0 aliphatic heterocycles. The molecule has 0 heterocycles. The van der Waals surface area contributed by atoms with Crippen LogP contribution in [0.3, 0.4) is 0 Å². The minimum absolute atomic E-state index is 0.0423. The predicted octanol–water partition coefficient (Wildman–Crippen LogP) is 1.74. The standard InChI is InChI=1S/C14H20N2O2S/c1-10-5-4-6-13(11(10)2)18-9-14(19)16-8-7-15-12(3)17/h4-6H,7-9H2,1-3H3,(H,15,17)(H,16,19). The van der Waals surface area contributed by atoms with E-state index in [1.54, 1.807) is 0 Å². The number of carbonyl (C=O) groups excluding carboxylic acids is 1. The maximum Gasteiger partial charge on any atom is 0.216 e. The molecular weight excluding hydrogens is 260 g/mol. The fourth-order valence-electron chi connectivity index (χ4n) is 1.52. The third-order valence-electron chi connectivity index (χ3n) is 2.73. The fraction of sp³-hybridized carbons (Fsp3) is 0.429. The van der Waals surface area contributed by atoms with Crippen molar-refractivity contribution in [3.8, 4) is 5.75 Å². The first-order valence-electron chi connectivity index (χ1n) is 6.21. The van der Waals surface area contributed by atoms with Gasteiger partial charge in [-0.2, -0.15) is 0 Å². The molecule has 5 heteroatoms. The van der Waals surface area contributed by atoms with Gasteiger partial charge in [0.15, 0.2) is 0 Å². The number of rotatable bonds is 6. The van der Waals surface area contributed by atoms with E-state index >= 15 is 0 Å². The average Bonchev–Trinajstić information content (AvgIpc) is 2.36. The maximum absolute atomic E-state index is 10.7. The van der Waals surface area contributed by atoms with Gasteiger partial charge in [0, 0.05) is 20.0 Å². The Balaban J connectivity index is 2.30. The highest BCUT2D eigenvalue weighted by atomic mass is 32.1. The Morgan fingerprint density at radius 3 is 2.63 bits per heavy atom. The van der Waals surface area contributed by atoms with Gasteiger partial charge in [0.05, 0.1) is 0 Å². The normalized spacial score (nSPS) is 9.84. The van der Waals surface area contributed by atoms with Crippen LogP contribution in [0, 0.1) is 13.8 Å². The molecule has 0 atom stereocenters. The van der Waals surface area contributed by atoms with Crippen LogP contribution in [0.1, 0.15) is 18.1 Å². The van der Waals surface area contributed by atoms with E-state index in [-0.39, 0.29) is 5.91 Å². The molecule has 0 aromatic heterocycles. The number of nitrogens with one attached hydrogen (secondary N) is 2. The largest absolute Gasteiger partial charge is 0.486 e. The van der Waals surface area contributed by atoms with E-state index < -0.39 is 0 Å². The monoisotopic (exact) mass is 280 g/mol. The number of thiocarbonyl (C=S) groups is 1. The molecule has 4 nitrogen and oxygen atoms in total. The molecule has 0 radical (unpaired) electrons. The van der Waals surface area contributed by atoms with E-state index in [0.717, 1.165) is 11.3 Å². The number of hydrogen-bond donors (Lipinski definition) is 2. The van der Waals surface area contributed by atoms with Crippen LogP contribution in [0.4, 0.5) is 0 Å². The zero-order valence-electron chi connectivity index (χ0n) is 11.6. The molecule has 19 heavy (non-hydrogen) atoms. The molecular formula is C14H20N2O2S. The van der Waals surface area contributed by atoms with E-state index in [9.17, 15) is 4.79 Å². The topological polar surface area (TPSA) is 50.4 Å². The highest BCUT2D eigenvalue weighted by molar-refractivity contribution is 7.80. The van der Waals surface area contributed by atoms with Crippen LogP contribution in [0.15, 0.2) is 18.2 Å². The van der Waals surface area contributed by atoms with Gasteiger partial charge in [-0.3, -0.25) is 4.79 Å². The second-order valence-corrected chi connectivity index (χ2v) is 4.81. The molecule has 2 N–H and O–H groups in total. The second kappa shape index (κ2) is 7.74. The Kier molecular flexibility index (Phi) is 6.29. The number of hydrogen-bond acceptors (Lipinski definition) is 3. The summed E-state index contributed by atoms with van der Waals surface area (Å²) in [5.41, 5.74) is 2.32. The second-order valence-electron chi connectivity index (χ2n) is 4.32. The number of aryl methyl sites for hydroxylation is 1. The lowest BCUT2D eigenvalue weighted by atomic mass is 10.1. The van der Waals surface area contributed by atoms with E-state index in [0.29, 0.717) is 24.7 Å². The molecule has 0 fully saturated rings. The molecule has 104 valence electrons. The predicted molar refractivity (Wildman–Crippen MR) is 80.7 cm³/mol. The lowest BCUT2D eigenvalue weighted by molar-refractivity contribution is -0.118. The summed E-state index contributed by atoms with van der Waals surface area (Å²) in [6.45, 7) is 7.07. The van der Waals surface area contributed by atoms with Gasteiger partial charge >= 0.3 is 0 Å². The van der Waals surface area contributed by atoms with Crippen LogP contribution in [-0.4, -0.2) is 30.6 Å². The molecule has 1 amide bonds. The van der Waals surface area contributed by atoms with Crippen LogP contribution >= 0.6 is 12.2 Å². The molecule has 0 spiro atoms. The summed E-state index contributed by atoms with van der Waals surface area (Å²) < 4.78 is 5.67. The SMILES string of the molecule is CC(=O)NCCNC(=S)COc1cccc(C)c1C. The van der Waals surface area contributed by atoms with Gasteiger partial charge in [0.2, 0.25) is 5.91 Å². The van der Waals surface area contributed by atoms with E-state index in [2.05, 4.69) is 10.6 Å². The Bertz CT molecular complexity index is 461. The summed E-state index contributed by atoms with van der Waals surface area (Å²) in [6.07, 6.45) is 0. The zero-order chi connectivity index (χ0) is 14.3. The maximum atomic E-state index is 10.7. The summed E-state index contributed by atoms with van der Waals surface area (Å²) in [5.74, 6) is 0.811. The van der Waals surface area contributed by atoms with Crippen molar-refractivity contribution >= 4 is 23.1 Å². The van der Waals surface area contributed by atoms with Gasteiger partial charge in [0.25, 0.3) is 0 Å². The third-order valence-corrected chi connectivity index (χ3v) is 3.00. The van der Waals surface area contributed by atoms with E-state index in [1.165, 1.54) is 12.5 Å². The summed E-state index contributed by atoms with van der Waals surface area (Å²) in [4.78, 5) is 11.3. The Morgan fingerprint density at radius 2 is 1.95 bits per heavy atom. The van der Waals surface area contributed by atoms with Crippen LogP contribution in [-0.2, 0) is 4.79 Å². The Hall–Kier alpha value is -1.62. The molecule has 0 bridgehead atoms. The highest BCUT2D eigenvalue weighted by Gasteiger charge is 2.03. The first kappa shape index (κ1) is 15.4. The third kappa shape index (κ3) is 5.70. The van der Waals surface area contributed by atoms with Crippen LogP contribution in [0.25, 0.3) is 0 Å². The minimum Gasteiger partial charge on any atom is -0.486 e. The zero-order valence-corrected chi connectivity index (χ0v) is 12.4. The van der Waals surface area contributed by atoms with Gasteiger partial charge in [-0.1, -0.05) is 24.4 Å². The lowest BCUT2D eigenvalue weighted by Crippen LogP contribution is -2.35. The molecule has 1 aromatic rings.